The number of aromatic nitrogens is 17. The minimum Gasteiger partial charge on any atom is -0.489 e. The number of ether oxygens (including phenoxy) is 3. The molecule has 18 rings (SSSR count). The number of hydrogen-bond donors (Lipinski definition) is 15. The molecule has 41 nitrogen and oxygen atoms in total. The van der Waals surface area contributed by atoms with E-state index in [9.17, 15) is 41.9 Å². The van der Waals surface area contributed by atoms with Crippen LogP contribution >= 0.6 is 0 Å². The smallest absolute Gasteiger partial charge is 0.489 e. The molecule has 11 aromatic heterocycles. The zero-order chi connectivity index (χ0) is 95.2. The molecule has 44 heteroatoms. The van der Waals surface area contributed by atoms with Gasteiger partial charge in [0, 0.05) is 128 Å². The topological polar surface area (TPSA) is 487 Å². The molecule has 5 aromatic carbocycles. The summed E-state index contributed by atoms with van der Waals surface area (Å²) in [5.74, 6) is 6.00. The number of aryl methyl sites for hydroxylation is 1. The summed E-state index contributed by atoms with van der Waals surface area (Å²) in [6, 6.07) is 41.1. The Bertz CT molecular complexity index is 6980. The van der Waals surface area contributed by atoms with Gasteiger partial charge in [0.2, 0.25) is 29.5 Å². The SMILES string of the molecule is CCC(=O)Nc1cnn2c(NC)cc(NC(=O)c3ccccc3)nc12.CCC(=O)Nc1cnn2c(NC)cc(Nc3cccc4c3CCCC4)nc12.CCC(=O)Nc1cnn2c(NC)cc(Nc3cccc4c3OCCCO4)nc12.CCC(=O)Nc1cnn2c(NC)cc(Nc3cccc4nccnc34)nc12.CCC(=O)Nc1cnn2c(NC)cc(Nc3ccccc3OC(F)(F)F)nc12. The zero-order valence-corrected chi connectivity index (χ0v) is 75.2. The number of amides is 6. The maximum Gasteiger partial charge on any atom is 0.573 e. The van der Waals surface area contributed by atoms with Crippen molar-refractivity contribution in [1.82, 2.24) is 83.0 Å². The van der Waals surface area contributed by atoms with E-state index in [0.29, 0.717) is 142 Å². The number of nitrogens with zero attached hydrogens (tertiary/aromatic N) is 17. The summed E-state index contributed by atoms with van der Waals surface area (Å²) in [4.78, 5) is 103. The molecule has 0 atom stereocenters. The van der Waals surface area contributed by atoms with Crippen LogP contribution in [0.15, 0.2) is 183 Å². The van der Waals surface area contributed by atoms with Gasteiger partial charge in [0.05, 0.1) is 66.8 Å². The number of rotatable bonds is 26. The predicted molar refractivity (Wildman–Crippen MR) is 513 cm³/mol. The maximum absolute atomic E-state index is 12.6. The molecule has 0 radical (unpaired) electrons. The predicted octanol–water partition coefficient (Wildman–Crippen LogP) is 15.7. The van der Waals surface area contributed by atoms with E-state index in [1.54, 1.807) is 147 Å². The quantitative estimate of drug-likeness (QED) is 0.0239. The van der Waals surface area contributed by atoms with Gasteiger partial charge in [0.1, 0.15) is 92.1 Å². The van der Waals surface area contributed by atoms with E-state index >= 15 is 0 Å². The molecule has 15 N–H and O–H groups in total. The van der Waals surface area contributed by atoms with Gasteiger partial charge in [-0.2, -0.15) is 48.1 Å². The molecule has 16 aromatic rings. The van der Waals surface area contributed by atoms with Gasteiger partial charge < -0.3 is 94.0 Å². The summed E-state index contributed by atoms with van der Waals surface area (Å²) in [5.41, 5.74) is 12.6. The number of hydrogen-bond acceptors (Lipinski definition) is 30. The number of anilines is 19. The first kappa shape index (κ1) is 93.9. The highest BCUT2D eigenvalue weighted by Crippen LogP contribution is 2.41. The number of fused-ring (bicyclic) bond motifs is 8. The molecule has 698 valence electrons. The van der Waals surface area contributed by atoms with Crippen LogP contribution in [0.2, 0.25) is 0 Å². The van der Waals surface area contributed by atoms with Crippen LogP contribution in [-0.4, -0.2) is 173 Å². The molecule has 0 bridgehead atoms. The van der Waals surface area contributed by atoms with E-state index in [1.165, 1.54) is 59.1 Å². The van der Waals surface area contributed by atoms with Crippen LogP contribution in [0.1, 0.15) is 107 Å². The summed E-state index contributed by atoms with van der Waals surface area (Å²) in [6.07, 6.45) is 13.6. The molecule has 2 aliphatic rings. The second kappa shape index (κ2) is 43.4. The first-order valence-electron chi connectivity index (χ1n) is 43.3. The molecular formula is C91H99F3N32O9. The van der Waals surface area contributed by atoms with Crippen LogP contribution in [0.5, 0.6) is 17.2 Å². The number of benzene rings is 5. The van der Waals surface area contributed by atoms with Crippen molar-refractivity contribution in [2.24, 2.45) is 0 Å². The Balaban J connectivity index is 0.000000135. The summed E-state index contributed by atoms with van der Waals surface area (Å²) < 4.78 is 61.5. The van der Waals surface area contributed by atoms with Gasteiger partial charge in [-0.3, -0.25) is 38.7 Å². The van der Waals surface area contributed by atoms with Crippen molar-refractivity contribution in [2.75, 3.05) is 128 Å². The van der Waals surface area contributed by atoms with E-state index in [1.807, 2.05) is 74.6 Å². The third kappa shape index (κ3) is 22.8. The minimum atomic E-state index is -4.83. The minimum absolute atomic E-state index is 0.0619. The molecule has 0 saturated heterocycles. The summed E-state index contributed by atoms with van der Waals surface area (Å²) in [6.45, 7) is 10.1. The van der Waals surface area contributed by atoms with Gasteiger partial charge in [-0.25, -0.2) is 24.9 Å². The Kier molecular flexibility index (Phi) is 30.2. The standard InChI is InChI=1S/C20H24N6O.C19H22N6O3.C18H18N8O.C17H17F3N6O2.C17H18N6O2/c1-3-19(27)24-16-12-22-26-18(21-2)11-17(25-20(16)26)23-15-10-6-8-13-7-4-5-9-14(13)15;1-3-17(26)23-13-11-21-25-16(20-2)10-15(24-19(13)25)22-12-6-4-7-14-18(12)28-9-5-8-27-14;1-3-16(27)24-13-10-22-26-15(19-2)9-14(25-18(13)26)23-12-6-4-5-11-17(12)21-8-7-20-11;1-3-15(27)24-11-9-22-26-14(21-2)8-13(25-16(11)26)23-10-6-4-5-7-12(10)28-17(18,19)20;1-3-15(24)20-12-10-19-23-14(18-2)9-13(21-16(12)23)22-17(25)11-7-5-4-6-8-11/h6,8,10-12,21H,3-5,7,9H2,1-2H3,(H,23,25)(H,24,27);4,6-7,10-11,20H,3,5,8-9H2,1-2H3,(H,22,24)(H,23,26);4-10,19H,3H2,1-2H3,(H,23,25)(H,24,27);4-9,21H,3H2,1-2H3,(H,23,25)(H,24,27);4-10,18H,3H2,1-2H3,(H,20,24)(H,21,22,25). The van der Waals surface area contributed by atoms with Crippen molar-refractivity contribution in [1.29, 1.82) is 0 Å². The fourth-order valence-electron chi connectivity index (χ4n) is 14.1. The highest BCUT2D eigenvalue weighted by atomic mass is 19.4. The number of carbonyl (C=O) groups is 6. The summed E-state index contributed by atoms with van der Waals surface area (Å²) >= 11 is 0. The summed E-state index contributed by atoms with van der Waals surface area (Å²) in [5, 5.41) is 66.2. The molecule has 0 saturated carbocycles. The van der Waals surface area contributed by atoms with Gasteiger partial charge in [-0.1, -0.05) is 89.2 Å². The number of halogens is 3. The van der Waals surface area contributed by atoms with Crippen LogP contribution in [0.4, 0.5) is 123 Å². The number of carbonyl (C=O) groups excluding carboxylic acids is 6. The Morgan fingerprint density at radius 3 is 1.21 bits per heavy atom. The lowest BCUT2D eigenvalue weighted by atomic mass is 9.90. The molecule has 0 unspecified atom stereocenters. The first-order chi connectivity index (χ1) is 65.5. The van der Waals surface area contributed by atoms with Crippen molar-refractivity contribution < 1.29 is 56.1 Å². The number of alkyl halides is 3. The van der Waals surface area contributed by atoms with Gasteiger partial charge in [0.25, 0.3) is 5.91 Å². The lowest BCUT2D eigenvalue weighted by Crippen LogP contribution is -2.18. The number of nitrogens with one attached hydrogen (secondary N) is 15. The molecule has 0 spiro atoms. The van der Waals surface area contributed by atoms with E-state index in [0.717, 1.165) is 70.6 Å². The van der Waals surface area contributed by atoms with Crippen LogP contribution in [0.25, 0.3) is 39.3 Å². The Morgan fingerprint density at radius 1 is 0.378 bits per heavy atom. The normalized spacial score (nSPS) is 11.8. The van der Waals surface area contributed by atoms with Crippen LogP contribution in [0.3, 0.4) is 0 Å². The second-order valence-corrected chi connectivity index (χ2v) is 29.8. The van der Waals surface area contributed by atoms with E-state index < -0.39 is 12.1 Å². The fourth-order valence-corrected chi connectivity index (χ4v) is 14.1. The van der Waals surface area contributed by atoms with Gasteiger partial charge in [-0.05, 0) is 91.4 Å². The van der Waals surface area contributed by atoms with Gasteiger partial charge in [-0.15, -0.1) is 13.2 Å². The monoisotopic (exact) mass is 1840 g/mol. The van der Waals surface area contributed by atoms with E-state index in [-0.39, 0.29) is 53.4 Å². The maximum atomic E-state index is 12.6. The van der Waals surface area contributed by atoms with Crippen molar-refractivity contribution in [3.63, 3.8) is 0 Å². The highest BCUT2D eigenvalue weighted by molar-refractivity contribution is 6.05. The summed E-state index contributed by atoms with van der Waals surface area (Å²) in [7, 11) is 8.84. The lowest BCUT2D eigenvalue weighted by Gasteiger charge is -2.20. The van der Waals surface area contributed by atoms with Crippen LogP contribution < -0.4 is 94.0 Å². The van der Waals surface area contributed by atoms with Gasteiger partial charge in [0.15, 0.2) is 45.5 Å². The molecule has 1 aliphatic carbocycles. The van der Waals surface area contributed by atoms with Crippen LogP contribution in [-0.2, 0) is 36.8 Å². The number of para-hydroxylation sites is 4. The van der Waals surface area contributed by atoms with Gasteiger partial charge >= 0.3 is 6.36 Å². The van der Waals surface area contributed by atoms with Crippen molar-refractivity contribution in [3.05, 3.63) is 200 Å². The van der Waals surface area contributed by atoms with E-state index in [2.05, 4.69) is 158 Å². The average molecular weight is 1840 g/mol. The Hall–Kier alpha value is -17.3. The Labute approximate surface area is 769 Å². The van der Waals surface area contributed by atoms with Crippen molar-refractivity contribution in [2.45, 2.75) is 105 Å². The molecular weight excluding hydrogens is 1740 g/mol. The van der Waals surface area contributed by atoms with Crippen molar-refractivity contribution in [3.8, 4) is 17.2 Å². The van der Waals surface area contributed by atoms with E-state index in [4.69, 9.17) is 14.5 Å². The molecule has 0 fully saturated rings. The Morgan fingerprint density at radius 2 is 0.748 bits per heavy atom. The first-order valence-corrected chi connectivity index (χ1v) is 43.3. The third-order valence-corrected chi connectivity index (χ3v) is 20.7. The third-order valence-electron chi connectivity index (χ3n) is 20.7. The second-order valence-electron chi connectivity index (χ2n) is 29.8. The zero-order valence-electron chi connectivity index (χ0n) is 75.2. The molecule has 135 heavy (non-hydrogen) atoms. The molecule has 6 amide bonds. The fraction of sp³-hybridized carbons (Fsp3) is 0.253. The largest absolute Gasteiger partial charge is 0.573 e. The van der Waals surface area contributed by atoms with Crippen molar-refractivity contribution >= 4 is 184 Å². The lowest BCUT2D eigenvalue weighted by molar-refractivity contribution is -0.274. The molecule has 12 heterocycles. The highest BCUT2D eigenvalue weighted by Gasteiger charge is 2.33. The average Bonchev–Trinajstić information content (AvgIpc) is 1.61. The van der Waals surface area contributed by atoms with Crippen LogP contribution in [0, 0.1) is 0 Å². The molecule has 1 aliphatic heterocycles.